The first kappa shape index (κ1) is 21.2. The summed E-state index contributed by atoms with van der Waals surface area (Å²) in [6.07, 6.45) is 12.0. The van der Waals surface area contributed by atoms with Gasteiger partial charge in [0.05, 0.1) is 6.61 Å². The van der Waals surface area contributed by atoms with Crippen LogP contribution in [0.1, 0.15) is 49.7 Å². The Balaban J connectivity index is 1.73. The number of amides is 1. The fourth-order valence-electron chi connectivity index (χ4n) is 2.87. The van der Waals surface area contributed by atoms with E-state index in [-0.39, 0.29) is 18.1 Å². The van der Waals surface area contributed by atoms with Gasteiger partial charge >= 0.3 is 5.97 Å². The van der Waals surface area contributed by atoms with Crippen molar-refractivity contribution in [1.29, 1.82) is 0 Å². The predicted molar refractivity (Wildman–Crippen MR) is 109 cm³/mol. The average molecular weight is 412 g/mol. The Hall–Kier alpha value is -3.55. The topological polar surface area (TPSA) is 107 Å². The van der Waals surface area contributed by atoms with Crippen LogP contribution in [0, 0.1) is 0 Å². The van der Waals surface area contributed by atoms with Crippen molar-refractivity contribution in [1.82, 2.24) is 10.3 Å². The molecule has 0 fully saturated rings. The zero-order valence-corrected chi connectivity index (χ0v) is 17.1. The molecule has 0 spiro atoms. The van der Waals surface area contributed by atoms with Crippen LogP contribution in [0.25, 0.3) is 5.76 Å². The number of hydrogen-bond acceptors (Lipinski definition) is 7. The van der Waals surface area contributed by atoms with E-state index in [1.54, 1.807) is 6.92 Å². The number of nitrogens with one attached hydrogen (secondary N) is 1. The lowest BCUT2D eigenvalue weighted by Gasteiger charge is -2.23. The molecule has 1 aliphatic carbocycles. The quantitative estimate of drug-likeness (QED) is 0.690. The molecule has 0 aromatic carbocycles. The van der Waals surface area contributed by atoms with Crippen LogP contribution in [0.3, 0.4) is 0 Å². The van der Waals surface area contributed by atoms with E-state index >= 15 is 0 Å². The maximum Gasteiger partial charge on any atom is 0.331 e. The molecule has 2 heterocycles. The largest absolute Gasteiger partial charge is 0.505 e. The van der Waals surface area contributed by atoms with Gasteiger partial charge in [-0.3, -0.25) is 4.79 Å². The first-order chi connectivity index (χ1) is 14.3. The van der Waals surface area contributed by atoms with E-state index < -0.39 is 17.4 Å². The lowest BCUT2D eigenvalue weighted by atomic mass is 10.0. The molecule has 1 aliphatic heterocycles. The van der Waals surface area contributed by atoms with Crippen LogP contribution in [0.15, 0.2) is 54.3 Å². The number of nitrogens with zero attached hydrogens (tertiary/aromatic N) is 1. The molecule has 0 unspecified atom stereocenters. The number of ether oxygens (including phenoxy) is 3. The van der Waals surface area contributed by atoms with Gasteiger partial charge in [0.1, 0.15) is 23.8 Å². The smallest absolute Gasteiger partial charge is 0.331 e. The van der Waals surface area contributed by atoms with Crippen LogP contribution in [0.5, 0.6) is 5.75 Å². The Labute approximate surface area is 174 Å². The molecule has 3 rings (SSSR count). The van der Waals surface area contributed by atoms with Gasteiger partial charge < -0.3 is 24.6 Å². The summed E-state index contributed by atoms with van der Waals surface area (Å²) in [5.74, 6) is -0.714. The Morgan fingerprint density at radius 1 is 1.30 bits per heavy atom. The van der Waals surface area contributed by atoms with Crippen LogP contribution in [0.4, 0.5) is 0 Å². The van der Waals surface area contributed by atoms with Crippen molar-refractivity contribution >= 4 is 17.6 Å². The van der Waals surface area contributed by atoms with Crippen molar-refractivity contribution in [2.75, 3.05) is 6.61 Å². The third-order valence-corrected chi connectivity index (χ3v) is 4.48. The highest BCUT2D eigenvalue weighted by Crippen LogP contribution is 2.31. The summed E-state index contributed by atoms with van der Waals surface area (Å²) >= 11 is 0. The monoisotopic (exact) mass is 412 g/mol. The van der Waals surface area contributed by atoms with Crippen molar-refractivity contribution < 1.29 is 28.9 Å². The third-order valence-electron chi connectivity index (χ3n) is 4.48. The second-order valence-electron chi connectivity index (χ2n) is 7.25. The molecule has 2 N–H and O–H groups in total. The summed E-state index contributed by atoms with van der Waals surface area (Å²) in [7, 11) is 0. The lowest BCUT2D eigenvalue weighted by Crippen LogP contribution is -2.50. The molecule has 0 radical (unpaired) electrons. The van der Waals surface area contributed by atoms with E-state index in [1.165, 1.54) is 38.6 Å². The number of pyridine rings is 1. The summed E-state index contributed by atoms with van der Waals surface area (Å²) in [5.41, 5.74) is -0.0574. The minimum atomic E-state index is -1.27. The van der Waals surface area contributed by atoms with Crippen molar-refractivity contribution in [3.8, 4) is 5.75 Å². The highest BCUT2D eigenvalue weighted by atomic mass is 16.5. The molecule has 1 amide bonds. The van der Waals surface area contributed by atoms with Gasteiger partial charge in [0.15, 0.2) is 17.2 Å². The van der Waals surface area contributed by atoms with Crippen LogP contribution >= 0.6 is 0 Å². The van der Waals surface area contributed by atoms with E-state index in [0.717, 1.165) is 18.4 Å². The number of carbonyl (C=O) groups is 2. The number of rotatable bonds is 6. The molecular formula is C22H24N2O6. The van der Waals surface area contributed by atoms with Gasteiger partial charge in [-0.05, 0) is 45.3 Å². The highest BCUT2D eigenvalue weighted by Gasteiger charge is 2.32. The van der Waals surface area contributed by atoms with E-state index in [9.17, 15) is 14.7 Å². The number of carbonyl (C=O) groups excluding carboxylic acids is 2. The molecule has 2 aliphatic rings. The van der Waals surface area contributed by atoms with E-state index in [2.05, 4.69) is 16.4 Å². The van der Waals surface area contributed by atoms with E-state index in [1.807, 2.05) is 12.2 Å². The van der Waals surface area contributed by atoms with Crippen LogP contribution < -0.4 is 5.32 Å². The molecule has 0 saturated carbocycles. The molecule has 1 aromatic rings. The second-order valence-corrected chi connectivity index (χ2v) is 7.25. The predicted octanol–water partition coefficient (Wildman–Crippen LogP) is 3.32. The van der Waals surface area contributed by atoms with Crippen LogP contribution in [-0.4, -0.2) is 34.1 Å². The summed E-state index contributed by atoms with van der Waals surface area (Å²) in [6.45, 7) is 4.89. The van der Waals surface area contributed by atoms with Gasteiger partial charge in [-0.25, -0.2) is 9.78 Å². The maximum absolute atomic E-state index is 12.5. The van der Waals surface area contributed by atoms with Crippen LogP contribution in [0.2, 0.25) is 0 Å². The normalized spacial score (nSPS) is 15.8. The summed E-state index contributed by atoms with van der Waals surface area (Å²) in [6, 6.07) is 1.35. The maximum atomic E-state index is 12.5. The molecule has 0 bridgehead atoms. The molecule has 30 heavy (non-hydrogen) atoms. The summed E-state index contributed by atoms with van der Waals surface area (Å²) in [4.78, 5) is 28.5. The van der Waals surface area contributed by atoms with Gasteiger partial charge in [0, 0.05) is 11.8 Å². The zero-order valence-electron chi connectivity index (χ0n) is 17.1. The number of aromatic nitrogens is 1. The Kier molecular flexibility index (Phi) is 6.25. The molecule has 8 nitrogen and oxygen atoms in total. The number of esters is 1. The molecular weight excluding hydrogens is 388 g/mol. The van der Waals surface area contributed by atoms with Gasteiger partial charge in [0.25, 0.3) is 5.91 Å². The average Bonchev–Trinajstić information content (AvgIpc) is 2.74. The first-order valence-corrected chi connectivity index (χ1v) is 9.60. The number of aromatic hydroxyl groups is 1. The molecule has 158 valence electrons. The fraction of sp³-hybridized carbons (Fsp3) is 0.318. The summed E-state index contributed by atoms with van der Waals surface area (Å²) in [5, 5.41) is 12.9. The van der Waals surface area contributed by atoms with Crippen molar-refractivity contribution in [3.63, 3.8) is 0 Å². The standard InChI is InChI=1S/C22H24N2O6/c1-4-29-21(27)22(2,3)24-20(26)19-16(25)10-15(11-23-19)18-13-28-12-17(30-18)14-8-6-5-7-9-14/h5-6,8,10-13,25H,4,7,9H2,1-3H3,(H,24,26). The SMILES string of the molecule is CCOC(=O)C(C)(C)NC(=O)c1ncc(C2=COC=C(C3=CC=CCC3)O2)cc1O. The molecule has 1 aromatic heterocycles. The van der Waals surface area contributed by atoms with Crippen molar-refractivity contribution in [3.05, 3.63) is 65.6 Å². The fourth-order valence-corrected chi connectivity index (χ4v) is 2.87. The lowest BCUT2D eigenvalue weighted by molar-refractivity contribution is -0.149. The second kappa shape index (κ2) is 8.86. The zero-order chi connectivity index (χ0) is 21.7. The molecule has 8 heteroatoms. The highest BCUT2D eigenvalue weighted by molar-refractivity contribution is 5.98. The third kappa shape index (κ3) is 4.71. The molecule has 0 saturated heterocycles. The Bertz CT molecular complexity index is 972. The van der Waals surface area contributed by atoms with Crippen molar-refractivity contribution in [2.45, 2.75) is 39.2 Å². The van der Waals surface area contributed by atoms with Gasteiger partial charge in [0.2, 0.25) is 0 Å². The summed E-state index contributed by atoms with van der Waals surface area (Å²) < 4.78 is 16.2. The first-order valence-electron chi connectivity index (χ1n) is 9.60. The van der Waals surface area contributed by atoms with Gasteiger partial charge in [-0.1, -0.05) is 18.2 Å². The molecule has 0 atom stereocenters. The Morgan fingerprint density at radius 3 is 2.73 bits per heavy atom. The van der Waals surface area contributed by atoms with E-state index in [0.29, 0.717) is 17.1 Å². The van der Waals surface area contributed by atoms with Crippen molar-refractivity contribution in [2.24, 2.45) is 0 Å². The van der Waals surface area contributed by atoms with Crippen LogP contribution in [-0.2, 0) is 19.0 Å². The van der Waals surface area contributed by atoms with Gasteiger partial charge in [-0.2, -0.15) is 0 Å². The Morgan fingerprint density at radius 2 is 2.07 bits per heavy atom. The minimum Gasteiger partial charge on any atom is -0.505 e. The van der Waals surface area contributed by atoms with E-state index in [4.69, 9.17) is 14.2 Å². The number of hydrogen-bond donors (Lipinski definition) is 2. The van der Waals surface area contributed by atoms with Gasteiger partial charge in [-0.15, -0.1) is 0 Å². The number of allylic oxidation sites excluding steroid dienone is 4. The minimum absolute atomic E-state index is 0.192.